The van der Waals surface area contributed by atoms with Crippen molar-refractivity contribution in [2.24, 2.45) is 0 Å². The van der Waals surface area contributed by atoms with Gasteiger partial charge in [0.1, 0.15) is 11.6 Å². The molecule has 1 aromatic heterocycles. The Balaban J connectivity index is 2.59. The molecule has 3 nitrogen and oxygen atoms in total. The number of nitrogens with one attached hydrogen (secondary N) is 1. The SMILES string of the molecule is CCCc1nc(-c2cc(F)ccc2C)nc(NCC)c1I. The molecule has 0 amide bonds. The molecule has 1 aromatic carbocycles. The second-order valence-electron chi connectivity index (χ2n) is 4.90. The van der Waals surface area contributed by atoms with Crippen molar-refractivity contribution in [3.8, 4) is 11.4 Å². The highest BCUT2D eigenvalue weighted by atomic mass is 127. The zero-order valence-corrected chi connectivity index (χ0v) is 14.7. The van der Waals surface area contributed by atoms with E-state index >= 15 is 0 Å². The van der Waals surface area contributed by atoms with Gasteiger partial charge in [0, 0.05) is 12.1 Å². The molecule has 0 fully saturated rings. The summed E-state index contributed by atoms with van der Waals surface area (Å²) in [5, 5.41) is 3.27. The van der Waals surface area contributed by atoms with Gasteiger partial charge in [0.05, 0.1) is 9.26 Å². The molecule has 0 unspecified atom stereocenters. The molecule has 2 rings (SSSR count). The average Bonchev–Trinajstić information content (AvgIpc) is 2.46. The van der Waals surface area contributed by atoms with E-state index in [4.69, 9.17) is 0 Å². The van der Waals surface area contributed by atoms with E-state index in [1.807, 2.05) is 13.8 Å². The molecular weight excluding hydrogens is 380 g/mol. The van der Waals surface area contributed by atoms with E-state index in [2.05, 4.69) is 44.8 Å². The van der Waals surface area contributed by atoms with Crippen LogP contribution in [0.25, 0.3) is 11.4 Å². The van der Waals surface area contributed by atoms with Gasteiger partial charge < -0.3 is 5.32 Å². The highest BCUT2D eigenvalue weighted by Crippen LogP contribution is 2.27. The number of nitrogens with zero attached hydrogens (tertiary/aromatic N) is 2. The molecular formula is C16H19FIN3. The van der Waals surface area contributed by atoms with E-state index in [9.17, 15) is 4.39 Å². The predicted octanol–water partition coefficient (Wildman–Crippen LogP) is 4.58. The van der Waals surface area contributed by atoms with Crippen LogP contribution in [0.2, 0.25) is 0 Å². The first kappa shape index (κ1) is 16.1. The number of benzene rings is 1. The first-order valence-electron chi connectivity index (χ1n) is 7.13. The Morgan fingerprint density at radius 1 is 1.24 bits per heavy atom. The van der Waals surface area contributed by atoms with E-state index in [0.717, 1.165) is 45.6 Å². The number of rotatable bonds is 5. The zero-order chi connectivity index (χ0) is 15.4. The largest absolute Gasteiger partial charge is 0.369 e. The van der Waals surface area contributed by atoms with Gasteiger partial charge >= 0.3 is 0 Å². The maximum Gasteiger partial charge on any atom is 0.162 e. The average molecular weight is 399 g/mol. The zero-order valence-electron chi connectivity index (χ0n) is 12.5. The van der Waals surface area contributed by atoms with Gasteiger partial charge in [-0.3, -0.25) is 0 Å². The van der Waals surface area contributed by atoms with Crippen LogP contribution >= 0.6 is 22.6 Å². The number of hydrogen-bond donors (Lipinski definition) is 1. The molecule has 0 bridgehead atoms. The molecule has 0 aliphatic heterocycles. The number of hydrogen-bond acceptors (Lipinski definition) is 3. The molecule has 2 aromatic rings. The molecule has 0 saturated heterocycles. The summed E-state index contributed by atoms with van der Waals surface area (Å²) >= 11 is 2.28. The van der Waals surface area contributed by atoms with Crippen LogP contribution in [0.5, 0.6) is 0 Å². The third-order valence-electron chi connectivity index (χ3n) is 3.19. The van der Waals surface area contributed by atoms with E-state index in [-0.39, 0.29) is 5.82 Å². The Bertz CT molecular complexity index is 616. The molecule has 5 heteroatoms. The molecule has 0 aliphatic rings. The lowest BCUT2D eigenvalue weighted by Crippen LogP contribution is -2.08. The fraction of sp³-hybridized carbons (Fsp3) is 0.375. The Morgan fingerprint density at radius 3 is 2.67 bits per heavy atom. The second kappa shape index (κ2) is 7.15. The molecule has 0 aliphatic carbocycles. The summed E-state index contributed by atoms with van der Waals surface area (Å²) in [5.74, 6) is 1.15. The summed E-state index contributed by atoms with van der Waals surface area (Å²) in [5.41, 5.74) is 2.74. The molecule has 21 heavy (non-hydrogen) atoms. The lowest BCUT2D eigenvalue weighted by molar-refractivity contribution is 0.627. The molecule has 0 atom stereocenters. The minimum Gasteiger partial charge on any atom is -0.369 e. The van der Waals surface area contributed by atoms with Crippen LogP contribution in [0.15, 0.2) is 18.2 Å². The van der Waals surface area contributed by atoms with Crippen molar-refractivity contribution >= 4 is 28.4 Å². The van der Waals surface area contributed by atoms with Crippen LogP contribution in [0, 0.1) is 16.3 Å². The Kier molecular flexibility index (Phi) is 5.50. The van der Waals surface area contributed by atoms with Crippen LogP contribution in [0.3, 0.4) is 0 Å². The van der Waals surface area contributed by atoms with Crippen molar-refractivity contribution in [2.75, 3.05) is 11.9 Å². The van der Waals surface area contributed by atoms with E-state index in [1.54, 1.807) is 6.07 Å². The van der Waals surface area contributed by atoms with Crippen molar-refractivity contribution < 1.29 is 4.39 Å². The maximum absolute atomic E-state index is 13.5. The van der Waals surface area contributed by atoms with Crippen molar-refractivity contribution in [1.82, 2.24) is 9.97 Å². The minimum atomic E-state index is -0.264. The fourth-order valence-corrected chi connectivity index (χ4v) is 2.84. The van der Waals surface area contributed by atoms with Crippen LogP contribution in [0.1, 0.15) is 31.5 Å². The molecule has 1 N–H and O–H groups in total. The first-order chi connectivity index (χ1) is 10.1. The number of anilines is 1. The molecule has 0 spiro atoms. The normalized spacial score (nSPS) is 10.7. The number of aryl methyl sites for hydroxylation is 2. The van der Waals surface area contributed by atoms with E-state index in [1.165, 1.54) is 12.1 Å². The predicted molar refractivity (Wildman–Crippen MR) is 93.0 cm³/mol. The van der Waals surface area contributed by atoms with Crippen LogP contribution in [-0.4, -0.2) is 16.5 Å². The van der Waals surface area contributed by atoms with Crippen molar-refractivity contribution in [1.29, 1.82) is 0 Å². The quantitative estimate of drug-likeness (QED) is 0.748. The van der Waals surface area contributed by atoms with Crippen molar-refractivity contribution in [2.45, 2.75) is 33.6 Å². The lowest BCUT2D eigenvalue weighted by Gasteiger charge is -2.13. The highest BCUT2D eigenvalue weighted by Gasteiger charge is 2.14. The molecule has 112 valence electrons. The Hall–Kier alpha value is -1.24. The summed E-state index contributed by atoms with van der Waals surface area (Å²) < 4.78 is 14.6. The van der Waals surface area contributed by atoms with Crippen LogP contribution < -0.4 is 5.32 Å². The van der Waals surface area contributed by atoms with E-state index in [0.29, 0.717) is 5.82 Å². The van der Waals surface area contributed by atoms with E-state index < -0.39 is 0 Å². The van der Waals surface area contributed by atoms with Gasteiger partial charge in [-0.1, -0.05) is 19.4 Å². The summed E-state index contributed by atoms with van der Waals surface area (Å²) in [4.78, 5) is 9.23. The van der Waals surface area contributed by atoms with Gasteiger partial charge in [0.15, 0.2) is 5.82 Å². The van der Waals surface area contributed by atoms with Gasteiger partial charge in [-0.15, -0.1) is 0 Å². The summed E-state index contributed by atoms with van der Waals surface area (Å²) in [6.45, 7) is 6.89. The van der Waals surface area contributed by atoms with Crippen molar-refractivity contribution in [3.63, 3.8) is 0 Å². The standard InChI is InChI=1S/C16H19FIN3/c1-4-6-13-14(18)16(19-5-2)21-15(20-13)12-9-11(17)8-7-10(12)3/h7-9H,4-6H2,1-3H3,(H,19,20,21). The van der Waals surface area contributed by atoms with Gasteiger partial charge in [-0.05, 0) is 60.6 Å². The number of aromatic nitrogens is 2. The third-order valence-corrected chi connectivity index (χ3v) is 4.32. The highest BCUT2D eigenvalue weighted by molar-refractivity contribution is 14.1. The van der Waals surface area contributed by atoms with Gasteiger partial charge in [-0.2, -0.15) is 0 Å². The summed E-state index contributed by atoms with van der Waals surface area (Å²) in [7, 11) is 0. The smallest absolute Gasteiger partial charge is 0.162 e. The Morgan fingerprint density at radius 2 is 2.00 bits per heavy atom. The van der Waals surface area contributed by atoms with Crippen molar-refractivity contribution in [3.05, 3.63) is 38.8 Å². The van der Waals surface area contributed by atoms with Crippen LogP contribution in [0.4, 0.5) is 10.2 Å². The second-order valence-corrected chi connectivity index (χ2v) is 5.97. The molecule has 1 heterocycles. The summed E-state index contributed by atoms with van der Waals surface area (Å²) in [6, 6.07) is 4.73. The minimum absolute atomic E-state index is 0.264. The Labute approximate surface area is 138 Å². The lowest BCUT2D eigenvalue weighted by atomic mass is 10.1. The monoisotopic (exact) mass is 399 g/mol. The first-order valence-corrected chi connectivity index (χ1v) is 8.21. The fourth-order valence-electron chi connectivity index (χ4n) is 2.14. The topological polar surface area (TPSA) is 37.8 Å². The third kappa shape index (κ3) is 3.70. The van der Waals surface area contributed by atoms with Gasteiger partial charge in [0.2, 0.25) is 0 Å². The van der Waals surface area contributed by atoms with Crippen LogP contribution in [-0.2, 0) is 6.42 Å². The number of halogens is 2. The summed E-state index contributed by atoms with van der Waals surface area (Å²) in [6.07, 6.45) is 1.90. The van der Waals surface area contributed by atoms with Gasteiger partial charge in [-0.25, -0.2) is 14.4 Å². The maximum atomic E-state index is 13.5. The molecule has 0 radical (unpaired) electrons. The molecule has 0 saturated carbocycles. The van der Waals surface area contributed by atoms with Gasteiger partial charge in [0.25, 0.3) is 0 Å².